The van der Waals surface area contributed by atoms with E-state index in [-0.39, 0.29) is 36.2 Å². The molecule has 0 bridgehead atoms. The Kier molecular flexibility index (Phi) is 9.29. The molecule has 2 rings (SSSR count). The van der Waals surface area contributed by atoms with Crippen LogP contribution in [0, 0.1) is 0 Å². The van der Waals surface area contributed by atoms with Crippen LogP contribution in [-0.4, -0.2) is 27.4 Å². The maximum absolute atomic E-state index is 12.1. The van der Waals surface area contributed by atoms with Gasteiger partial charge in [0.05, 0.1) is 4.90 Å². The molecular weight excluding hydrogens is 374 g/mol. The van der Waals surface area contributed by atoms with E-state index < -0.39 is 10.0 Å². The second kappa shape index (κ2) is 10.9. The Balaban J connectivity index is 0.00000338. The highest BCUT2D eigenvalue weighted by Crippen LogP contribution is 2.15. The molecule has 26 heavy (non-hydrogen) atoms. The Morgan fingerprint density at radius 1 is 1.00 bits per heavy atom. The van der Waals surface area contributed by atoms with Crippen molar-refractivity contribution < 1.29 is 13.2 Å². The predicted octanol–water partition coefficient (Wildman–Crippen LogP) is 2.53. The maximum Gasteiger partial charge on any atom is 0.240 e. The van der Waals surface area contributed by atoms with Crippen LogP contribution in [0.3, 0.4) is 0 Å². The number of anilines is 1. The largest absolute Gasteiger partial charge is 0.326 e. The number of halogens is 1. The number of hydrogen-bond acceptors (Lipinski definition) is 4. The third-order valence-electron chi connectivity index (χ3n) is 3.55. The van der Waals surface area contributed by atoms with Gasteiger partial charge in [0.2, 0.25) is 15.9 Å². The summed E-state index contributed by atoms with van der Waals surface area (Å²) < 4.78 is 26.6. The van der Waals surface area contributed by atoms with E-state index in [0.29, 0.717) is 6.54 Å². The van der Waals surface area contributed by atoms with Gasteiger partial charge in [-0.15, -0.1) is 12.4 Å². The number of amides is 1. The standard InChI is InChI=1S/C18H23N3O3S.ClH/c1-2-19-14-15-8-6-7-11-17(15)21-18(22)12-13-20-25(23,24)16-9-4-3-5-10-16;/h3-11,19-20H,2,12-14H2,1H3,(H,21,22);1H. The summed E-state index contributed by atoms with van der Waals surface area (Å²) in [5.74, 6) is -0.236. The van der Waals surface area contributed by atoms with Crippen molar-refractivity contribution in [2.45, 2.75) is 24.8 Å². The van der Waals surface area contributed by atoms with Gasteiger partial charge < -0.3 is 10.6 Å². The number of carbonyl (C=O) groups excluding carboxylic acids is 1. The second-order valence-corrected chi connectivity index (χ2v) is 7.21. The van der Waals surface area contributed by atoms with Gasteiger partial charge in [-0.2, -0.15) is 0 Å². The smallest absolute Gasteiger partial charge is 0.240 e. The van der Waals surface area contributed by atoms with Gasteiger partial charge in [0, 0.05) is 25.2 Å². The molecule has 0 atom stereocenters. The van der Waals surface area contributed by atoms with Gasteiger partial charge >= 0.3 is 0 Å². The topological polar surface area (TPSA) is 87.3 Å². The molecule has 0 fully saturated rings. The van der Waals surface area contributed by atoms with Crippen molar-refractivity contribution in [1.82, 2.24) is 10.0 Å². The lowest BCUT2D eigenvalue weighted by Crippen LogP contribution is -2.28. The van der Waals surface area contributed by atoms with E-state index in [9.17, 15) is 13.2 Å². The first-order valence-electron chi connectivity index (χ1n) is 8.16. The molecule has 0 saturated carbocycles. The van der Waals surface area contributed by atoms with E-state index in [4.69, 9.17) is 0 Å². The average molecular weight is 398 g/mol. The highest BCUT2D eigenvalue weighted by atomic mass is 35.5. The third kappa shape index (κ3) is 6.76. The van der Waals surface area contributed by atoms with Gasteiger partial charge in [-0.25, -0.2) is 13.1 Å². The Morgan fingerprint density at radius 3 is 2.35 bits per heavy atom. The molecule has 3 N–H and O–H groups in total. The first kappa shape index (κ1) is 22.1. The molecule has 0 spiro atoms. The van der Waals surface area contributed by atoms with Crippen molar-refractivity contribution in [3.8, 4) is 0 Å². The molecule has 6 nitrogen and oxygen atoms in total. The zero-order valence-electron chi connectivity index (χ0n) is 14.6. The van der Waals surface area contributed by atoms with Crippen molar-refractivity contribution in [3.63, 3.8) is 0 Å². The van der Waals surface area contributed by atoms with Gasteiger partial charge in [-0.1, -0.05) is 43.3 Å². The molecule has 0 aromatic heterocycles. The summed E-state index contributed by atoms with van der Waals surface area (Å²) in [6.45, 7) is 3.55. The molecule has 0 unspecified atom stereocenters. The molecule has 0 radical (unpaired) electrons. The van der Waals surface area contributed by atoms with E-state index >= 15 is 0 Å². The fraction of sp³-hybridized carbons (Fsp3) is 0.278. The summed E-state index contributed by atoms with van der Waals surface area (Å²) in [4.78, 5) is 12.3. The number of hydrogen-bond donors (Lipinski definition) is 3. The summed E-state index contributed by atoms with van der Waals surface area (Å²) in [5.41, 5.74) is 1.72. The lowest BCUT2D eigenvalue weighted by Gasteiger charge is -2.12. The summed E-state index contributed by atoms with van der Waals surface area (Å²) in [6, 6.07) is 15.6. The number of rotatable bonds is 9. The number of benzene rings is 2. The second-order valence-electron chi connectivity index (χ2n) is 5.45. The van der Waals surface area contributed by atoms with E-state index in [2.05, 4.69) is 15.4 Å². The van der Waals surface area contributed by atoms with Crippen molar-refractivity contribution >= 4 is 34.0 Å². The predicted molar refractivity (Wildman–Crippen MR) is 106 cm³/mol. The first-order valence-corrected chi connectivity index (χ1v) is 9.64. The quantitative estimate of drug-likeness (QED) is 0.606. The van der Waals surface area contributed by atoms with Gasteiger partial charge in [-0.05, 0) is 30.3 Å². The van der Waals surface area contributed by atoms with E-state index in [1.807, 2.05) is 31.2 Å². The Labute approximate surface area is 160 Å². The highest BCUT2D eigenvalue weighted by Gasteiger charge is 2.13. The lowest BCUT2D eigenvalue weighted by atomic mass is 10.1. The van der Waals surface area contributed by atoms with Crippen molar-refractivity contribution in [1.29, 1.82) is 0 Å². The van der Waals surface area contributed by atoms with Crippen LogP contribution in [0.2, 0.25) is 0 Å². The zero-order chi connectivity index (χ0) is 18.1. The summed E-state index contributed by atoms with van der Waals surface area (Å²) >= 11 is 0. The van der Waals surface area contributed by atoms with E-state index in [0.717, 1.165) is 17.8 Å². The van der Waals surface area contributed by atoms with E-state index in [1.165, 1.54) is 12.1 Å². The average Bonchev–Trinajstić information content (AvgIpc) is 2.61. The fourth-order valence-corrected chi connectivity index (χ4v) is 3.30. The molecule has 0 aliphatic heterocycles. The number of sulfonamides is 1. The first-order chi connectivity index (χ1) is 12.0. The molecule has 0 aliphatic rings. The Hall–Kier alpha value is -1.93. The van der Waals surface area contributed by atoms with E-state index in [1.54, 1.807) is 18.2 Å². The molecule has 1 amide bonds. The van der Waals surface area contributed by atoms with Crippen LogP contribution in [0.4, 0.5) is 5.69 Å². The normalized spacial score (nSPS) is 10.8. The minimum Gasteiger partial charge on any atom is -0.326 e. The summed E-state index contributed by atoms with van der Waals surface area (Å²) in [6.07, 6.45) is 0.0571. The van der Waals surface area contributed by atoms with Crippen LogP contribution in [0.25, 0.3) is 0 Å². The Morgan fingerprint density at radius 2 is 1.65 bits per heavy atom. The van der Waals surface area contributed by atoms with Crippen LogP contribution in [0.5, 0.6) is 0 Å². The van der Waals surface area contributed by atoms with Crippen LogP contribution in [-0.2, 0) is 21.4 Å². The summed E-state index contributed by atoms with van der Waals surface area (Å²) in [7, 11) is -3.59. The fourth-order valence-electron chi connectivity index (χ4n) is 2.25. The minimum atomic E-state index is -3.59. The molecule has 2 aromatic carbocycles. The van der Waals surface area contributed by atoms with Crippen LogP contribution in [0.1, 0.15) is 18.9 Å². The number of nitrogens with one attached hydrogen (secondary N) is 3. The maximum atomic E-state index is 12.1. The SMILES string of the molecule is CCNCc1ccccc1NC(=O)CCNS(=O)(=O)c1ccccc1.Cl. The molecular formula is C18H24ClN3O3S. The molecule has 0 saturated heterocycles. The monoisotopic (exact) mass is 397 g/mol. The van der Waals surface area contributed by atoms with Crippen LogP contribution in [0.15, 0.2) is 59.5 Å². The van der Waals surface area contributed by atoms with Gasteiger partial charge in [0.15, 0.2) is 0 Å². The van der Waals surface area contributed by atoms with Crippen LogP contribution < -0.4 is 15.4 Å². The van der Waals surface area contributed by atoms with Crippen molar-refractivity contribution in [3.05, 3.63) is 60.2 Å². The van der Waals surface area contributed by atoms with Gasteiger partial charge in [0.25, 0.3) is 0 Å². The summed E-state index contributed by atoms with van der Waals surface area (Å²) in [5, 5.41) is 6.05. The molecule has 142 valence electrons. The highest BCUT2D eigenvalue weighted by molar-refractivity contribution is 7.89. The lowest BCUT2D eigenvalue weighted by molar-refractivity contribution is -0.116. The van der Waals surface area contributed by atoms with Gasteiger partial charge in [-0.3, -0.25) is 4.79 Å². The molecule has 8 heteroatoms. The van der Waals surface area contributed by atoms with Crippen LogP contribution >= 0.6 is 12.4 Å². The molecule has 0 heterocycles. The zero-order valence-corrected chi connectivity index (χ0v) is 16.2. The molecule has 0 aliphatic carbocycles. The van der Waals surface area contributed by atoms with Crippen molar-refractivity contribution in [2.75, 3.05) is 18.4 Å². The number of carbonyl (C=O) groups is 1. The minimum absolute atomic E-state index is 0. The molecule has 2 aromatic rings. The van der Waals surface area contributed by atoms with Gasteiger partial charge in [0.1, 0.15) is 0 Å². The van der Waals surface area contributed by atoms with Crippen molar-refractivity contribution in [2.24, 2.45) is 0 Å². The third-order valence-corrected chi connectivity index (χ3v) is 5.03. The number of para-hydroxylation sites is 1. The Bertz CT molecular complexity index is 798.